The zero-order chi connectivity index (χ0) is 26.1. The standard InChI is InChI=1S/C27H42N2O6/c1-8-10-11-15-34-25(33)21-20-23(31)29(19(16-30)17(3)4)22(24(32)28(14-9-2)18(5)6)27(20)13-12-26(21,7)35-27/h8-9,17-22,30H,1-2,10-16H2,3-7H3/t19-,20-,21-,22?,26+,27?/m0/s1. The molecule has 6 atom stereocenters. The number of carbonyl (C=O) groups excluding carboxylic acids is 3. The highest BCUT2D eigenvalue weighted by molar-refractivity contribution is 5.98. The molecule has 8 nitrogen and oxygen atoms in total. The number of allylic oxidation sites excluding steroid dienone is 1. The van der Waals surface area contributed by atoms with Gasteiger partial charge in [-0.3, -0.25) is 14.4 Å². The molecule has 0 aromatic carbocycles. The minimum Gasteiger partial charge on any atom is -0.465 e. The lowest BCUT2D eigenvalue weighted by Crippen LogP contribution is -2.60. The molecule has 3 aliphatic rings. The van der Waals surface area contributed by atoms with Gasteiger partial charge in [-0.05, 0) is 52.4 Å². The number of esters is 1. The first-order valence-electron chi connectivity index (χ1n) is 12.8. The summed E-state index contributed by atoms with van der Waals surface area (Å²) in [7, 11) is 0. The molecular formula is C27H42N2O6. The Hall–Kier alpha value is -2.19. The number of hydrogen-bond donors (Lipinski definition) is 1. The number of nitrogens with zero attached hydrogens (tertiary/aromatic N) is 2. The molecule has 2 bridgehead atoms. The number of hydrogen-bond acceptors (Lipinski definition) is 6. The Labute approximate surface area is 209 Å². The van der Waals surface area contributed by atoms with Crippen LogP contribution < -0.4 is 0 Å². The molecule has 1 spiro atoms. The predicted molar refractivity (Wildman–Crippen MR) is 132 cm³/mol. The van der Waals surface area contributed by atoms with E-state index in [0.29, 0.717) is 25.8 Å². The molecule has 0 aromatic rings. The van der Waals surface area contributed by atoms with Crippen molar-refractivity contribution >= 4 is 17.8 Å². The Kier molecular flexibility index (Phi) is 8.16. The first kappa shape index (κ1) is 27.4. The van der Waals surface area contributed by atoms with Crippen molar-refractivity contribution in [3.05, 3.63) is 25.3 Å². The van der Waals surface area contributed by atoms with Crippen molar-refractivity contribution in [2.45, 2.75) is 89.6 Å². The Morgan fingerprint density at radius 1 is 1.26 bits per heavy atom. The van der Waals surface area contributed by atoms with Crippen LogP contribution >= 0.6 is 0 Å². The first-order chi connectivity index (χ1) is 16.5. The number of fused-ring (bicyclic) bond motifs is 1. The summed E-state index contributed by atoms with van der Waals surface area (Å²) in [5.74, 6) is -2.73. The summed E-state index contributed by atoms with van der Waals surface area (Å²) in [4.78, 5) is 44.8. The van der Waals surface area contributed by atoms with E-state index in [0.717, 1.165) is 6.42 Å². The third-order valence-electron chi connectivity index (χ3n) is 8.05. The van der Waals surface area contributed by atoms with Crippen LogP contribution in [0.5, 0.6) is 0 Å². The topological polar surface area (TPSA) is 96.4 Å². The van der Waals surface area contributed by atoms with Gasteiger partial charge in [0.1, 0.15) is 17.6 Å². The van der Waals surface area contributed by atoms with Crippen LogP contribution in [0, 0.1) is 17.8 Å². The minimum absolute atomic E-state index is 0.0986. The van der Waals surface area contributed by atoms with Gasteiger partial charge >= 0.3 is 5.97 Å². The van der Waals surface area contributed by atoms with Crippen LogP contribution in [0.1, 0.15) is 60.3 Å². The van der Waals surface area contributed by atoms with Gasteiger partial charge in [-0.2, -0.15) is 0 Å². The van der Waals surface area contributed by atoms with Crippen LogP contribution in [-0.4, -0.2) is 81.8 Å². The van der Waals surface area contributed by atoms with Crippen LogP contribution in [0.3, 0.4) is 0 Å². The molecule has 3 fully saturated rings. The van der Waals surface area contributed by atoms with E-state index >= 15 is 0 Å². The van der Waals surface area contributed by atoms with Crippen LogP contribution in [0.25, 0.3) is 0 Å². The molecule has 0 saturated carbocycles. The molecule has 0 aliphatic carbocycles. The van der Waals surface area contributed by atoms with Crippen molar-refractivity contribution in [3.8, 4) is 0 Å². The maximum Gasteiger partial charge on any atom is 0.312 e. The lowest BCUT2D eigenvalue weighted by atomic mass is 9.66. The second-order valence-electron chi connectivity index (χ2n) is 10.9. The second-order valence-corrected chi connectivity index (χ2v) is 10.9. The molecule has 0 aromatic heterocycles. The highest BCUT2D eigenvalue weighted by Gasteiger charge is 2.79. The van der Waals surface area contributed by atoms with Gasteiger partial charge in [-0.25, -0.2) is 0 Å². The lowest BCUT2D eigenvalue weighted by Gasteiger charge is -2.41. The number of aliphatic hydroxyl groups excluding tert-OH is 1. The summed E-state index contributed by atoms with van der Waals surface area (Å²) < 4.78 is 12.2. The van der Waals surface area contributed by atoms with Gasteiger partial charge in [0, 0.05) is 12.6 Å². The monoisotopic (exact) mass is 490 g/mol. The zero-order valence-corrected chi connectivity index (χ0v) is 21.9. The average molecular weight is 491 g/mol. The summed E-state index contributed by atoms with van der Waals surface area (Å²) in [5, 5.41) is 10.3. The molecule has 2 unspecified atom stereocenters. The van der Waals surface area contributed by atoms with E-state index in [4.69, 9.17) is 9.47 Å². The zero-order valence-electron chi connectivity index (χ0n) is 21.9. The number of ether oxygens (including phenoxy) is 2. The first-order valence-corrected chi connectivity index (χ1v) is 12.8. The highest BCUT2D eigenvalue weighted by Crippen LogP contribution is 2.64. The smallest absolute Gasteiger partial charge is 0.312 e. The third kappa shape index (κ3) is 4.44. The van der Waals surface area contributed by atoms with Crippen LogP contribution in [0.15, 0.2) is 25.3 Å². The fraction of sp³-hybridized carbons (Fsp3) is 0.741. The molecule has 1 N–H and O–H groups in total. The molecule has 35 heavy (non-hydrogen) atoms. The second kappa shape index (κ2) is 10.4. The van der Waals surface area contributed by atoms with Gasteiger partial charge in [-0.15, -0.1) is 13.2 Å². The molecule has 8 heteroatoms. The SMILES string of the molecule is C=CCCCOC(=O)[C@@H]1[C@H]2C(=O)N([C@@H](CO)C(C)C)C(C(=O)N(CC=C)C(C)C)C23CC[C@@]1(C)O3. The lowest BCUT2D eigenvalue weighted by molar-refractivity contribution is -0.163. The van der Waals surface area contributed by atoms with Crippen molar-refractivity contribution in [3.63, 3.8) is 0 Å². The summed E-state index contributed by atoms with van der Waals surface area (Å²) in [6.45, 7) is 17.3. The van der Waals surface area contributed by atoms with Crippen LogP contribution in [-0.2, 0) is 23.9 Å². The third-order valence-corrected chi connectivity index (χ3v) is 8.05. The fourth-order valence-corrected chi connectivity index (χ4v) is 6.32. The quantitative estimate of drug-likeness (QED) is 0.257. The fourth-order valence-electron chi connectivity index (χ4n) is 6.32. The van der Waals surface area contributed by atoms with Crippen LogP contribution in [0.2, 0.25) is 0 Å². The van der Waals surface area contributed by atoms with E-state index in [1.54, 1.807) is 17.1 Å². The van der Waals surface area contributed by atoms with E-state index in [2.05, 4.69) is 13.2 Å². The minimum atomic E-state index is -1.13. The number of rotatable bonds is 12. The van der Waals surface area contributed by atoms with Gasteiger partial charge in [-0.1, -0.05) is 26.0 Å². The molecular weight excluding hydrogens is 448 g/mol. The summed E-state index contributed by atoms with van der Waals surface area (Å²) in [6.07, 6.45) is 5.85. The van der Waals surface area contributed by atoms with Gasteiger partial charge in [0.2, 0.25) is 11.8 Å². The summed E-state index contributed by atoms with van der Waals surface area (Å²) in [5.41, 5.74) is -2.02. The van der Waals surface area contributed by atoms with Gasteiger partial charge in [0.05, 0.1) is 30.8 Å². The van der Waals surface area contributed by atoms with Crippen LogP contribution in [0.4, 0.5) is 0 Å². The van der Waals surface area contributed by atoms with Crippen molar-refractivity contribution < 1.29 is 29.0 Å². The van der Waals surface area contributed by atoms with E-state index < -0.39 is 41.1 Å². The molecule has 196 valence electrons. The average Bonchev–Trinajstić information content (AvgIpc) is 3.36. The van der Waals surface area contributed by atoms with Gasteiger partial charge < -0.3 is 24.4 Å². The Morgan fingerprint density at radius 2 is 1.94 bits per heavy atom. The Balaban J connectivity index is 2.07. The number of likely N-dealkylation sites (tertiary alicyclic amines) is 1. The van der Waals surface area contributed by atoms with Crippen molar-refractivity contribution in [2.75, 3.05) is 19.8 Å². The molecule has 0 radical (unpaired) electrons. The number of unbranched alkanes of at least 4 members (excludes halogenated alkanes) is 1. The maximum atomic E-state index is 14.1. The Bertz CT molecular complexity index is 857. The van der Waals surface area contributed by atoms with Crippen molar-refractivity contribution in [1.82, 2.24) is 9.80 Å². The van der Waals surface area contributed by atoms with Gasteiger partial charge in [0.15, 0.2) is 0 Å². The van der Waals surface area contributed by atoms with E-state index in [1.807, 2.05) is 34.6 Å². The predicted octanol–water partition coefficient (Wildman–Crippen LogP) is 2.70. The van der Waals surface area contributed by atoms with Gasteiger partial charge in [0.25, 0.3) is 0 Å². The van der Waals surface area contributed by atoms with E-state index in [-0.39, 0.29) is 37.0 Å². The Morgan fingerprint density at radius 3 is 2.49 bits per heavy atom. The largest absolute Gasteiger partial charge is 0.465 e. The maximum absolute atomic E-state index is 14.1. The van der Waals surface area contributed by atoms with E-state index in [9.17, 15) is 19.5 Å². The molecule has 2 amide bonds. The molecule has 3 aliphatic heterocycles. The highest BCUT2D eigenvalue weighted by atomic mass is 16.6. The molecule has 3 rings (SSSR count). The number of carbonyl (C=O) groups is 3. The number of amides is 2. The molecule has 3 heterocycles. The summed E-state index contributed by atoms with van der Waals surface area (Å²) in [6, 6.07) is -1.63. The summed E-state index contributed by atoms with van der Waals surface area (Å²) >= 11 is 0. The normalized spacial score (nSPS) is 32.2. The number of aliphatic hydroxyl groups is 1. The van der Waals surface area contributed by atoms with Crippen molar-refractivity contribution in [2.24, 2.45) is 17.8 Å². The molecule has 3 saturated heterocycles. The van der Waals surface area contributed by atoms with Crippen molar-refractivity contribution in [1.29, 1.82) is 0 Å². The van der Waals surface area contributed by atoms with E-state index in [1.165, 1.54) is 4.90 Å².